The van der Waals surface area contributed by atoms with E-state index in [4.69, 9.17) is 21.1 Å². The van der Waals surface area contributed by atoms with Gasteiger partial charge in [-0.1, -0.05) is 11.6 Å². The summed E-state index contributed by atoms with van der Waals surface area (Å²) in [6.07, 6.45) is 1.39. The smallest absolute Gasteiger partial charge is 0.410 e. The van der Waals surface area contributed by atoms with Gasteiger partial charge in [0, 0.05) is 55.1 Å². The molecule has 0 saturated carbocycles. The van der Waals surface area contributed by atoms with Crippen molar-refractivity contribution in [1.29, 1.82) is 0 Å². The monoisotopic (exact) mass is 531 g/mol. The van der Waals surface area contributed by atoms with E-state index >= 15 is 4.39 Å². The maximum Gasteiger partial charge on any atom is 0.410 e. The standard InChI is InChI=1S/C25H27ClFN5O3S/c1-25(2,3)35-24(33)32-8-6-31(7-9-32)23-17-12-18(26)19(20(27)21(17)29-36-23)16-11-15(34-5)10-14-13-28-30(4)22(14)16/h10-13H,6-9H2,1-5H3. The molecule has 4 aromatic rings. The van der Waals surface area contributed by atoms with Gasteiger partial charge >= 0.3 is 6.09 Å². The first kappa shape index (κ1) is 24.6. The maximum absolute atomic E-state index is 16.0. The highest BCUT2D eigenvalue weighted by atomic mass is 35.5. The Morgan fingerprint density at radius 3 is 2.56 bits per heavy atom. The Morgan fingerprint density at radius 2 is 1.89 bits per heavy atom. The van der Waals surface area contributed by atoms with Crippen molar-refractivity contribution in [2.75, 3.05) is 38.2 Å². The Balaban J connectivity index is 1.49. The number of fused-ring (bicyclic) bond motifs is 2. The molecule has 0 unspecified atom stereocenters. The van der Waals surface area contributed by atoms with Crippen molar-refractivity contribution < 1.29 is 18.7 Å². The SMILES string of the molecule is COc1cc(-c2c(Cl)cc3c(N4CCN(C(=O)OC(C)(C)C)CC4)snc3c2F)c2c(cnn2C)c1. The fourth-order valence-corrected chi connectivity index (χ4v) is 5.70. The van der Waals surface area contributed by atoms with Gasteiger partial charge in [0.05, 0.1) is 23.8 Å². The van der Waals surface area contributed by atoms with Gasteiger partial charge in [-0.3, -0.25) is 4.68 Å². The molecule has 0 atom stereocenters. The number of carbonyl (C=O) groups excluding carboxylic acids is 1. The predicted octanol–water partition coefficient (Wildman–Crippen LogP) is 5.71. The zero-order valence-corrected chi connectivity index (χ0v) is 22.3. The molecule has 36 heavy (non-hydrogen) atoms. The molecule has 1 saturated heterocycles. The van der Waals surface area contributed by atoms with Crippen molar-refractivity contribution in [1.82, 2.24) is 19.1 Å². The zero-order valence-electron chi connectivity index (χ0n) is 20.8. The molecule has 2 aromatic heterocycles. The molecule has 1 aliphatic rings. The highest BCUT2D eigenvalue weighted by Crippen LogP contribution is 2.43. The third kappa shape index (κ3) is 4.32. The van der Waals surface area contributed by atoms with Crippen LogP contribution in [0.15, 0.2) is 24.4 Å². The van der Waals surface area contributed by atoms with Gasteiger partial charge in [-0.2, -0.15) is 9.47 Å². The highest BCUT2D eigenvalue weighted by Gasteiger charge is 2.29. The molecule has 1 fully saturated rings. The van der Waals surface area contributed by atoms with Crippen molar-refractivity contribution in [3.8, 4) is 16.9 Å². The van der Waals surface area contributed by atoms with Crippen molar-refractivity contribution in [2.45, 2.75) is 26.4 Å². The first-order valence-electron chi connectivity index (χ1n) is 11.6. The van der Waals surface area contributed by atoms with Crippen LogP contribution in [-0.4, -0.2) is 64.0 Å². The third-order valence-electron chi connectivity index (χ3n) is 6.18. The van der Waals surface area contributed by atoms with E-state index in [9.17, 15) is 4.79 Å². The van der Waals surface area contributed by atoms with Crippen LogP contribution in [0.1, 0.15) is 20.8 Å². The molecule has 0 radical (unpaired) electrons. The van der Waals surface area contributed by atoms with Gasteiger partial charge in [-0.25, -0.2) is 9.18 Å². The number of anilines is 1. The second kappa shape index (κ2) is 9.08. The minimum Gasteiger partial charge on any atom is -0.497 e. The third-order valence-corrected chi connectivity index (χ3v) is 7.40. The lowest BCUT2D eigenvalue weighted by Gasteiger charge is -2.36. The Kier molecular flexibility index (Phi) is 6.20. The zero-order chi connectivity index (χ0) is 25.8. The van der Waals surface area contributed by atoms with E-state index in [1.807, 2.05) is 26.8 Å². The molecule has 0 spiro atoms. The summed E-state index contributed by atoms with van der Waals surface area (Å²) in [7, 11) is 3.37. The molecule has 1 amide bonds. The largest absolute Gasteiger partial charge is 0.497 e. The first-order valence-corrected chi connectivity index (χ1v) is 12.7. The van der Waals surface area contributed by atoms with Crippen LogP contribution in [0, 0.1) is 5.82 Å². The Bertz CT molecular complexity index is 1470. The molecular weight excluding hydrogens is 505 g/mol. The summed E-state index contributed by atoms with van der Waals surface area (Å²) in [6, 6.07) is 5.40. The van der Waals surface area contributed by atoms with Gasteiger partial charge in [0.25, 0.3) is 0 Å². The van der Waals surface area contributed by atoms with Crippen LogP contribution in [0.25, 0.3) is 32.9 Å². The minimum atomic E-state index is -0.544. The van der Waals surface area contributed by atoms with E-state index in [1.165, 1.54) is 11.5 Å². The molecule has 190 valence electrons. The number of hydrogen-bond donors (Lipinski definition) is 0. The summed E-state index contributed by atoms with van der Waals surface area (Å²) in [6.45, 7) is 7.73. The number of rotatable bonds is 3. The van der Waals surface area contributed by atoms with E-state index in [1.54, 1.807) is 42.1 Å². The summed E-state index contributed by atoms with van der Waals surface area (Å²) in [5.41, 5.74) is 1.34. The average Bonchev–Trinajstić information content (AvgIpc) is 3.41. The predicted molar refractivity (Wildman–Crippen MR) is 141 cm³/mol. The van der Waals surface area contributed by atoms with Crippen LogP contribution in [0.4, 0.5) is 14.2 Å². The summed E-state index contributed by atoms with van der Waals surface area (Å²) in [4.78, 5) is 16.2. The molecule has 1 aliphatic heterocycles. The van der Waals surface area contributed by atoms with Crippen LogP contribution in [0.5, 0.6) is 5.75 Å². The fraction of sp³-hybridized carbons (Fsp3) is 0.400. The van der Waals surface area contributed by atoms with Gasteiger partial charge in [0.1, 0.15) is 21.9 Å². The van der Waals surface area contributed by atoms with Gasteiger partial charge in [-0.05, 0) is 50.5 Å². The number of methoxy groups -OCH3 is 1. The quantitative estimate of drug-likeness (QED) is 0.337. The summed E-state index contributed by atoms with van der Waals surface area (Å²) >= 11 is 7.96. The number of ether oxygens (including phenoxy) is 2. The molecule has 3 heterocycles. The fourth-order valence-electron chi connectivity index (χ4n) is 4.50. The Morgan fingerprint density at radius 1 is 1.17 bits per heavy atom. The molecule has 0 N–H and O–H groups in total. The number of aromatic nitrogens is 3. The van der Waals surface area contributed by atoms with Crippen LogP contribution in [-0.2, 0) is 11.8 Å². The highest BCUT2D eigenvalue weighted by molar-refractivity contribution is 7.11. The summed E-state index contributed by atoms with van der Waals surface area (Å²) in [5.74, 6) is 0.103. The van der Waals surface area contributed by atoms with Gasteiger partial charge < -0.3 is 19.3 Å². The van der Waals surface area contributed by atoms with E-state index < -0.39 is 11.4 Å². The number of carbonyl (C=O) groups is 1. The molecular formula is C25H27ClFN5O3S. The van der Waals surface area contributed by atoms with Crippen molar-refractivity contribution in [3.63, 3.8) is 0 Å². The number of aryl methyl sites for hydroxylation is 1. The van der Waals surface area contributed by atoms with E-state index in [2.05, 4.69) is 14.4 Å². The number of benzene rings is 2. The van der Waals surface area contributed by atoms with E-state index in [-0.39, 0.29) is 22.2 Å². The second-order valence-corrected chi connectivity index (χ2v) is 10.9. The average molecular weight is 532 g/mol. The van der Waals surface area contributed by atoms with Crippen molar-refractivity contribution >= 4 is 56.0 Å². The van der Waals surface area contributed by atoms with E-state index in [0.717, 1.165) is 15.9 Å². The lowest BCUT2D eigenvalue weighted by Crippen LogP contribution is -2.50. The van der Waals surface area contributed by atoms with Crippen LogP contribution in [0.2, 0.25) is 5.02 Å². The van der Waals surface area contributed by atoms with Crippen molar-refractivity contribution in [2.24, 2.45) is 7.05 Å². The van der Waals surface area contributed by atoms with Crippen LogP contribution in [0.3, 0.4) is 0 Å². The van der Waals surface area contributed by atoms with Crippen LogP contribution >= 0.6 is 23.1 Å². The van der Waals surface area contributed by atoms with E-state index in [0.29, 0.717) is 42.9 Å². The Labute approximate surface area is 217 Å². The maximum atomic E-state index is 16.0. The first-order chi connectivity index (χ1) is 17.1. The summed E-state index contributed by atoms with van der Waals surface area (Å²) in [5, 5.41) is 6.91. The number of amides is 1. The molecule has 2 aromatic carbocycles. The minimum absolute atomic E-state index is 0.266. The van der Waals surface area contributed by atoms with Gasteiger partial charge in [-0.15, -0.1) is 0 Å². The number of piperazine rings is 1. The topological polar surface area (TPSA) is 72.7 Å². The number of hydrogen-bond acceptors (Lipinski definition) is 7. The van der Waals surface area contributed by atoms with Gasteiger partial charge in [0.15, 0.2) is 5.82 Å². The molecule has 0 bridgehead atoms. The molecule has 5 rings (SSSR count). The molecule has 11 heteroatoms. The summed E-state index contributed by atoms with van der Waals surface area (Å²) < 4.78 is 33.1. The second-order valence-electron chi connectivity index (χ2n) is 9.77. The van der Waals surface area contributed by atoms with Crippen molar-refractivity contribution in [3.05, 3.63) is 35.2 Å². The number of nitrogens with zero attached hydrogens (tertiary/aromatic N) is 5. The van der Waals surface area contributed by atoms with Crippen LogP contribution < -0.4 is 9.64 Å². The Hall–Kier alpha value is -3.11. The number of halogens is 2. The molecule has 8 nitrogen and oxygen atoms in total. The lowest BCUT2D eigenvalue weighted by molar-refractivity contribution is 0.0241. The molecule has 0 aliphatic carbocycles. The van der Waals surface area contributed by atoms with Gasteiger partial charge in [0.2, 0.25) is 0 Å². The lowest BCUT2D eigenvalue weighted by atomic mass is 10.00. The normalized spacial score (nSPS) is 14.6.